The number of hydrogen-bond donors (Lipinski definition) is 2. The van der Waals surface area contributed by atoms with Gasteiger partial charge in [-0.2, -0.15) is 4.98 Å². The molecule has 0 aliphatic heterocycles. The Morgan fingerprint density at radius 1 is 1.29 bits per heavy atom. The molecule has 0 saturated carbocycles. The van der Waals surface area contributed by atoms with Crippen LogP contribution in [0.5, 0.6) is 5.75 Å². The van der Waals surface area contributed by atoms with Crippen molar-refractivity contribution in [3.8, 4) is 5.75 Å². The fourth-order valence-corrected chi connectivity index (χ4v) is 2.96. The number of amides is 2. The third kappa shape index (κ3) is 5.94. The fourth-order valence-electron chi connectivity index (χ4n) is 2.96. The monoisotopic (exact) mass is 384 g/mol. The molecular formula is C20H24N4O4. The smallest absolute Gasteiger partial charge is 0.316 e. The predicted molar refractivity (Wildman–Crippen MR) is 103 cm³/mol. The number of ether oxygens (including phenoxy) is 1. The van der Waals surface area contributed by atoms with E-state index in [9.17, 15) is 9.59 Å². The predicted octanol–water partition coefficient (Wildman–Crippen LogP) is 3.23. The molecule has 28 heavy (non-hydrogen) atoms. The zero-order chi connectivity index (χ0) is 19.8. The SMILES string of the molecule is CC(=O)Nc1cccc(OCc2noc(C(=O)NCCC3=CCCCC3)n2)c1. The lowest BCUT2D eigenvalue weighted by atomic mass is 9.97. The first-order valence-corrected chi connectivity index (χ1v) is 9.39. The summed E-state index contributed by atoms with van der Waals surface area (Å²) in [5.41, 5.74) is 2.03. The molecule has 2 N–H and O–H groups in total. The van der Waals surface area contributed by atoms with Crippen molar-refractivity contribution in [3.05, 3.63) is 47.6 Å². The highest BCUT2D eigenvalue weighted by molar-refractivity contribution is 5.89. The molecule has 0 atom stereocenters. The van der Waals surface area contributed by atoms with E-state index in [1.54, 1.807) is 24.3 Å². The highest BCUT2D eigenvalue weighted by Gasteiger charge is 2.15. The van der Waals surface area contributed by atoms with E-state index >= 15 is 0 Å². The van der Waals surface area contributed by atoms with E-state index in [1.165, 1.54) is 25.3 Å². The molecule has 1 aromatic carbocycles. The highest BCUT2D eigenvalue weighted by Crippen LogP contribution is 2.20. The molecule has 1 aliphatic rings. The minimum absolute atomic E-state index is 0.0488. The maximum Gasteiger partial charge on any atom is 0.316 e. The van der Waals surface area contributed by atoms with Crippen LogP contribution in [-0.4, -0.2) is 28.5 Å². The van der Waals surface area contributed by atoms with Gasteiger partial charge < -0.3 is 19.9 Å². The molecule has 8 nitrogen and oxygen atoms in total. The van der Waals surface area contributed by atoms with Crippen LogP contribution in [0.2, 0.25) is 0 Å². The van der Waals surface area contributed by atoms with Crippen molar-refractivity contribution in [2.24, 2.45) is 0 Å². The van der Waals surface area contributed by atoms with Gasteiger partial charge >= 0.3 is 11.8 Å². The molecular weight excluding hydrogens is 360 g/mol. The van der Waals surface area contributed by atoms with E-state index in [-0.39, 0.29) is 30.1 Å². The minimum atomic E-state index is -0.386. The summed E-state index contributed by atoms with van der Waals surface area (Å²) < 4.78 is 10.6. The van der Waals surface area contributed by atoms with Crippen molar-refractivity contribution in [3.63, 3.8) is 0 Å². The Morgan fingerprint density at radius 2 is 2.18 bits per heavy atom. The second-order valence-electron chi connectivity index (χ2n) is 6.63. The van der Waals surface area contributed by atoms with Gasteiger partial charge in [0, 0.05) is 25.2 Å². The summed E-state index contributed by atoms with van der Waals surface area (Å²) in [5.74, 6) is 0.185. The van der Waals surface area contributed by atoms with Crippen molar-refractivity contribution in [1.29, 1.82) is 0 Å². The first kappa shape index (κ1) is 19.6. The summed E-state index contributed by atoms with van der Waals surface area (Å²) in [5, 5.41) is 9.25. The Balaban J connectivity index is 1.46. The van der Waals surface area contributed by atoms with Crippen LogP contribution in [0.4, 0.5) is 5.69 Å². The molecule has 0 radical (unpaired) electrons. The van der Waals surface area contributed by atoms with E-state index in [0.717, 1.165) is 19.3 Å². The fraction of sp³-hybridized carbons (Fsp3) is 0.400. The number of allylic oxidation sites excluding steroid dienone is 1. The lowest BCUT2D eigenvalue weighted by Crippen LogP contribution is -2.25. The number of benzene rings is 1. The molecule has 0 saturated heterocycles. The Bertz CT molecular complexity index is 859. The summed E-state index contributed by atoms with van der Waals surface area (Å²) in [6, 6.07) is 6.96. The summed E-state index contributed by atoms with van der Waals surface area (Å²) in [4.78, 5) is 27.3. The third-order valence-electron chi connectivity index (χ3n) is 4.30. The molecule has 8 heteroatoms. The van der Waals surface area contributed by atoms with Crippen LogP contribution < -0.4 is 15.4 Å². The second kappa shape index (κ2) is 9.68. The summed E-state index contributed by atoms with van der Waals surface area (Å²) in [7, 11) is 0. The molecule has 1 aliphatic carbocycles. The van der Waals surface area contributed by atoms with Gasteiger partial charge in [0.25, 0.3) is 0 Å². The normalized spacial score (nSPS) is 13.5. The Labute approximate surface area is 163 Å². The maximum atomic E-state index is 12.1. The van der Waals surface area contributed by atoms with Crippen molar-refractivity contribution < 1.29 is 18.8 Å². The van der Waals surface area contributed by atoms with Gasteiger partial charge in [-0.3, -0.25) is 9.59 Å². The van der Waals surface area contributed by atoms with Crippen LogP contribution in [-0.2, 0) is 11.4 Å². The number of anilines is 1. The van der Waals surface area contributed by atoms with Crippen molar-refractivity contribution in [2.45, 2.75) is 45.6 Å². The first-order valence-electron chi connectivity index (χ1n) is 9.39. The average molecular weight is 384 g/mol. The van der Waals surface area contributed by atoms with E-state index in [0.29, 0.717) is 18.0 Å². The molecule has 3 rings (SSSR count). The van der Waals surface area contributed by atoms with Gasteiger partial charge in [0.15, 0.2) is 6.61 Å². The molecule has 148 valence electrons. The number of nitrogens with zero attached hydrogens (tertiary/aromatic N) is 2. The second-order valence-corrected chi connectivity index (χ2v) is 6.63. The zero-order valence-corrected chi connectivity index (χ0v) is 15.9. The number of aromatic nitrogens is 2. The number of carbonyl (C=O) groups excluding carboxylic acids is 2. The molecule has 0 unspecified atom stereocenters. The molecule has 1 heterocycles. The van der Waals surface area contributed by atoms with Crippen LogP contribution >= 0.6 is 0 Å². The van der Waals surface area contributed by atoms with E-state index in [2.05, 4.69) is 26.9 Å². The van der Waals surface area contributed by atoms with Crippen LogP contribution in [0.3, 0.4) is 0 Å². The quantitative estimate of drug-likeness (QED) is 0.677. The topological polar surface area (TPSA) is 106 Å². The Hall–Kier alpha value is -3.16. The molecule has 0 bridgehead atoms. The van der Waals surface area contributed by atoms with Gasteiger partial charge in [0.1, 0.15) is 5.75 Å². The van der Waals surface area contributed by atoms with Gasteiger partial charge in [-0.25, -0.2) is 0 Å². The minimum Gasteiger partial charge on any atom is -0.485 e. The third-order valence-corrected chi connectivity index (χ3v) is 4.30. The lowest BCUT2D eigenvalue weighted by Gasteiger charge is -2.12. The maximum absolute atomic E-state index is 12.1. The average Bonchev–Trinajstić information content (AvgIpc) is 3.16. The Kier molecular flexibility index (Phi) is 6.78. The van der Waals surface area contributed by atoms with E-state index < -0.39 is 0 Å². The van der Waals surface area contributed by atoms with E-state index in [4.69, 9.17) is 9.26 Å². The Morgan fingerprint density at radius 3 is 2.96 bits per heavy atom. The van der Waals surface area contributed by atoms with Crippen molar-refractivity contribution in [1.82, 2.24) is 15.5 Å². The first-order chi connectivity index (χ1) is 13.6. The lowest BCUT2D eigenvalue weighted by molar-refractivity contribution is -0.114. The standard InChI is InChI=1S/C20H24N4O4/c1-14(25)22-16-8-5-9-17(12-16)27-13-18-23-20(28-24-18)19(26)21-11-10-15-6-3-2-4-7-15/h5-6,8-9,12H,2-4,7,10-11,13H2,1H3,(H,21,26)(H,22,25). The summed E-state index contributed by atoms with van der Waals surface area (Å²) >= 11 is 0. The van der Waals surface area contributed by atoms with Gasteiger partial charge in [0.2, 0.25) is 11.7 Å². The van der Waals surface area contributed by atoms with Crippen LogP contribution in [0.15, 0.2) is 40.4 Å². The number of rotatable bonds is 8. The van der Waals surface area contributed by atoms with Crippen LogP contribution in [0.1, 0.15) is 55.5 Å². The van der Waals surface area contributed by atoms with Crippen molar-refractivity contribution in [2.75, 3.05) is 11.9 Å². The largest absolute Gasteiger partial charge is 0.485 e. The van der Waals surface area contributed by atoms with Crippen LogP contribution in [0.25, 0.3) is 0 Å². The van der Waals surface area contributed by atoms with Gasteiger partial charge in [-0.05, 0) is 44.2 Å². The molecule has 0 spiro atoms. The molecule has 0 fully saturated rings. The van der Waals surface area contributed by atoms with Gasteiger partial charge in [-0.15, -0.1) is 0 Å². The van der Waals surface area contributed by atoms with Gasteiger partial charge in [-0.1, -0.05) is 22.9 Å². The number of nitrogens with one attached hydrogen (secondary N) is 2. The van der Waals surface area contributed by atoms with E-state index in [1.807, 2.05) is 0 Å². The summed E-state index contributed by atoms with van der Waals surface area (Å²) in [6.45, 7) is 2.04. The molecule has 1 aromatic heterocycles. The highest BCUT2D eigenvalue weighted by atomic mass is 16.5. The van der Waals surface area contributed by atoms with Crippen molar-refractivity contribution >= 4 is 17.5 Å². The van der Waals surface area contributed by atoms with Gasteiger partial charge in [0.05, 0.1) is 0 Å². The zero-order valence-electron chi connectivity index (χ0n) is 15.9. The number of hydrogen-bond acceptors (Lipinski definition) is 6. The number of carbonyl (C=O) groups is 2. The molecule has 2 amide bonds. The summed E-state index contributed by atoms with van der Waals surface area (Å²) in [6.07, 6.45) is 7.82. The van der Waals surface area contributed by atoms with Crippen LogP contribution in [0, 0.1) is 0 Å². The molecule has 2 aromatic rings.